The molecule has 32 heavy (non-hydrogen) atoms. The first kappa shape index (κ1) is 23.8. The fraction of sp³-hybridized carbons (Fsp3) is 0.240. The monoisotopic (exact) mass is 470 g/mol. The summed E-state index contributed by atoms with van der Waals surface area (Å²) in [7, 11) is -3.95. The number of anilines is 1. The molecule has 7 heteroatoms. The highest BCUT2D eigenvalue weighted by Crippen LogP contribution is 2.26. The van der Waals surface area contributed by atoms with Crippen LogP contribution in [0.1, 0.15) is 35.2 Å². The van der Waals surface area contributed by atoms with E-state index in [9.17, 15) is 13.2 Å². The van der Waals surface area contributed by atoms with Gasteiger partial charge in [0.05, 0.1) is 16.6 Å². The number of carbonyl (C=O) groups is 1. The van der Waals surface area contributed by atoms with Crippen molar-refractivity contribution in [3.05, 3.63) is 94.0 Å². The number of benzene rings is 3. The van der Waals surface area contributed by atoms with Crippen molar-refractivity contribution >= 4 is 33.2 Å². The van der Waals surface area contributed by atoms with E-state index in [4.69, 9.17) is 11.6 Å². The lowest BCUT2D eigenvalue weighted by Gasteiger charge is -2.25. The van der Waals surface area contributed by atoms with E-state index in [1.165, 1.54) is 17.7 Å². The van der Waals surface area contributed by atoms with Gasteiger partial charge in [-0.1, -0.05) is 41.9 Å². The Hall–Kier alpha value is -2.83. The van der Waals surface area contributed by atoms with Crippen LogP contribution < -0.4 is 9.62 Å². The molecule has 168 valence electrons. The average Bonchev–Trinajstić information content (AvgIpc) is 2.75. The predicted molar refractivity (Wildman–Crippen MR) is 130 cm³/mol. The molecule has 3 aromatic rings. The summed E-state index contributed by atoms with van der Waals surface area (Å²) in [6.07, 6.45) is 0. The number of amides is 1. The topological polar surface area (TPSA) is 66.5 Å². The molecule has 0 unspecified atom stereocenters. The van der Waals surface area contributed by atoms with Gasteiger partial charge in [-0.2, -0.15) is 0 Å². The molecular formula is C25H27ClN2O3S. The molecule has 0 aliphatic rings. The number of nitrogens with one attached hydrogen (secondary N) is 1. The molecular weight excluding hydrogens is 444 g/mol. The van der Waals surface area contributed by atoms with Gasteiger partial charge in [-0.3, -0.25) is 9.10 Å². The molecule has 1 amide bonds. The average molecular weight is 471 g/mol. The first-order valence-electron chi connectivity index (χ1n) is 10.3. The van der Waals surface area contributed by atoms with Crippen LogP contribution in [0.2, 0.25) is 5.02 Å². The summed E-state index contributed by atoms with van der Waals surface area (Å²) in [6.45, 7) is 7.63. The SMILES string of the molecule is Cc1cc(C)c([C@H](C)NC(=O)CN(c2ccc(Cl)cc2)S(=O)(=O)c2ccccc2)cc1C. The first-order chi connectivity index (χ1) is 15.1. The zero-order valence-electron chi connectivity index (χ0n) is 18.6. The number of halogens is 1. The fourth-order valence-electron chi connectivity index (χ4n) is 3.59. The first-order valence-corrected chi connectivity index (χ1v) is 12.1. The zero-order chi connectivity index (χ0) is 23.5. The third kappa shape index (κ3) is 5.31. The third-order valence-electron chi connectivity index (χ3n) is 5.46. The van der Waals surface area contributed by atoms with Gasteiger partial charge in [-0.05, 0) is 86.3 Å². The maximum Gasteiger partial charge on any atom is 0.264 e. The molecule has 0 aromatic heterocycles. The Kier molecular flexibility index (Phi) is 7.26. The minimum Gasteiger partial charge on any atom is -0.348 e. The number of sulfonamides is 1. The Bertz CT molecular complexity index is 1210. The van der Waals surface area contributed by atoms with Gasteiger partial charge in [0.25, 0.3) is 10.0 Å². The van der Waals surface area contributed by atoms with Crippen molar-refractivity contribution in [3.63, 3.8) is 0 Å². The number of rotatable bonds is 7. The summed E-state index contributed by atoms with van der Waals surface area (Å²) < 4.78 is 27.8. The summed E-state index contributed by atoms with van der Waals surface area (Å²) in [5.41, 5.74) is 4.77. The highest BCUT2D eigenvalue weighted by Gasteiger charge is 2.27. The Morgan fingerprint density at radius 1 is 0.938 bits per heavy atom. The van der Waals surface area contributed by atoms with Crippen molar-refractivity contribution < 1.29 is 13.2 Å². The summed E-state index contributed by atoms with van der Waals surface area (Å²) in [5, 5.41) is 3.43. The van der Waals surface area contributed by atoms with Gasteiger partial charge in [0.2, 0.25) is 5.91 Å². The molecule has 3 aromatic carbocycles. The van der Waals surface area contributed by atoms with E-state index in [0.29, 0.717) is 10.7 Å². The summed E-state index contributed by atoms with van der Waals surface area (Å²) in [4.78, 5) is 13.1. The van der Waals surface area contributed by atoms with E-state index in [-0.39, 0.29) is 17.5 Å². The third-order valence-corrected chi connectivity index (χ3v) is 7.50. The Labute approximate surface area is 195 Å². The molecule has 0 saturated carbocycles. The van der Waals surface area contributed by atoms with Crippen LogP contribution in [0.5, 0.6) is 0 Å². The summed E-state index contributed by atoms with van der Waals surface area (Å²) >= 11 is 5.98. The maximum atomic E-state index is 13.4. The van der Waals surface area contributed by atoms with Crippen LogP contribution in [0.4, 0.5) is 5.69 Å². The van der Waals surface area contributed by atoms with Crippen molar-refractivity contribution in [2.24, 2.45) is 0 Å². The van der Waals surface area contributed by atoms with E-state index in [1.807, 2.05) is 27.7 Å². The molecule has 0 radical (unpaired) electrons. The maximum absolute atomic E-state index is 13.4. The Morgan fingerprint density at radius 3 is 2.16 bits per heavy atom. The van der Waals surface area contributed by atoms with Crippen LogP contribution in [0, 0.1) is 20.8 Å². The zero-order valence-corrected chi connectivity index (χ0v) is 20.2. The Morgan fingerprint density at radius 2 is 1.53 bits per heavy atom. The van der Waals surface area contributed by atoms with Crippen LogP contribution in [0.3, 0.4) is 0 Å². The van der Waals surface area contributed by atoms with Gasteiger partial charge in [0.15, 0.2) is 0 Å². The van der Waals surface area contributed by atoms with Crippen LogP contribution in [0.15, 0.2) is 71.6 Å². The van der Waals surface area contributed by atoms with E-state index >= 15 is 0 Å². The van der Waals surface area contributed by atoms with Crippen molar-refractivity contribution in [2.45, 2.75) is 38.6 Å². The normalized spacial score (nSPS) is 12.3. The minimum atomic E-state index is -3.95. The van der Waals surface area contributed by atoms with Crippen molar-refractivity contribution in [3.8, 4) is 0 Å². The number of aryl methyl sites for hydroxylation is 3. The minimum absolute atomic E-state index is 0.112. The number of nitrogens with zero attached hydrogens (tertiary/aromatic N) is 1. The van der Waals surface area contributed by atoms with Crippen LogP contribution in [-0.2, 0) is 14.8 Å². The quantitative estimate of drug-likeness (QED) is 0.507. The summed E-state index contributed by atoms with van der Waals surface area (Å²) in [6, 6.07) is 18.3. The highest BCUT2D eigenvalue weighted by atomic mass is 35.5. The molecule has 1 atom stereocenters. The standard InChI is InChI=1S/C25H27ClN2O3S/c1-17-14-19(3)24(15-18(17)2)20(4)27-25(29)16-28(22-12-10-21(26)11-13-22)32(30,31)23-8-6-5-7-9-23/h5-15,20H,16H2,1-4H3,(H,27,29)/t20-/m0/s1. The molecule has 0 bridgehead atoms. The van der Waals surface area contributed by atoms with E-state index in [0.717, 1.165) is 21.0 Å². The van der Waals surface area contributed by atoms with Crippen molar-refractivity contribution in [2.75, 3.05) is 10.8 Å². The van der Waals surface area contributed by atoms with Gasteiger partial charge in [-0.15, -0.1) is 0 Å². The predicted octanol–water partition coefficient (Wildman–Crippen LogP) is 5.34. The largest absolute Gasteiger partial charge is 0.348 e. The van der Waals surface area contributed by atoms with Crippen molar-refractivity contribution in [1.82, 2.24) is 5.32 Å². The highest BCUT2D eigenvalue weighted by molar-refractivity contribution is 7.92. The summed E-state index contributed by atoms with van der Waals surface area (Å²) in [5.74, 6) is -0.399. The lowest BCUT2D eigenvalue weighted by molar-refractivity contribution is -0.120. The van der Waals surface area contributed by atoms with Crippen LogP contribution in [-0.4, -0.2) is 20.9 Å². The smallest absolute Gasteiger partial charge is 0.264 e. The molecule has 0 heterocycles. The van der Waals surface area contributed by atoms with Crippen LogP contribution in [0.25, 0.3) is 0 Å². The van der Waals surface area contributed by atoms with Crippen molar-refractivity contribution in [1.29, 1.82) is 0 Å². The van der Waals surface area contributed by atoms with Gasteiger partial charge in [0, 0.05) is 5.02 Å². The molecule has 0 saturated heterocycles. The molecule has 3 rings (SSSR count). The van der Waals surface area contributed by atoms with Gasteiger partial charge >= 0.3 is 0 Å². The van der Waals surface area contributed by atoms with E-state index in [2.05, 4.69) is 17.4 Å². The molecule has 5 nitrogen and oxygen atoms in total. The van der Waals surface area contributed by atoms with E-state index in [1.54, 1.807) is 42.5 Å². The molecule has 0 aliphatic heterocycles. The number of hydrogen-bond acceptors (Lipinski definition) is 3. The van der Waals surface area contributed by atoms with Gasteiger partial charge < -0.3 is 5.32 Å². The Balaban J connectivity index is 1.89. The lowest BCUT2D eigenvalue weighted by Crippen LogP contribution is -2.41. The lowest BCUT2D eigenvalue weighted by atomic mass is 9.96. The molecule has 1 N–H and O–H groups in total. The van der Waals surface area contributed by atoms with E-state index < -0.39 is 15.9 Å². The van der Waals surface area contributed by atoms with Gasteiger partial charge in [0.1, 0.15) is 6.54 Å². The fourth-order valence-corrected chi connectivity index (χ4v) is 5.15. The van der Waals surface area contributed by atoms with Crippen LogP contribution >= 0.6 is 11.6 Å². The number of hydrogen-bond donors (Lipinski definition) is 1. The second-order valence-corrected chi connectivity index (χ2v) is 10.2. The van der Waals surface area contributed by atoms with Gasteiger partial charge in [-0.25, -0.2) is 8.42 Å². The number of carbonyl (C=O) groups excluding carboxylic acids is 1. The molecule has 0 spiro atoms. The second kappa shape index (κ2) is 9.76. The molecule has 0 aliphatic carbocycles. The second-order valence-electron chi connectivity index (χ2n) is 7.88. The molecule has 0 fully saturated rings.